The molecule has 4 nitrogen and oxygen atoms in total. The molecule has 3 aromatic rings. The van der Waals surface area contributed by atoms with Gasteiger partial charge < -0.3 is 0 Å². The molecule has 0 radical (unpaired) electrons. The highest BCUT2D eigenvalue weighted by Crippen LogP contribution is 2.28. The third-order valence-electron chi connectivity index (χ3n) is 3.24. The third-order valence-corrected chi connectivity index (χ3v) is 4.16. The van der Waals surface area contributed by atoms with Crippen LogP contribution in [-0.4, -0.2) is 25.5 Å². The van der Waals surface area contributed by atoms with Gasteiger partial charge in [-0.05, 0) is 30.7 Å². The smallest absolute Gasteiger partial charge is 0.196 e. The van der Waals surface area contributed by atoms with Crippen molar-refractivity contribution in [2.45, 2.75) is 12.1 Å². The summed E-state index contributed by atoms with van der Waals surface area (Å²) in [6.45, 7) is 5.86. The monoisotopic (exact) mass is 308 g/mol. The van der Waals surface area contributed by atoms with Crippen molar-refractivity contribution in [3.63, 3.8) is 0 Å². The number of rotatable bonds is 5. The minimum absolute atomic E-state index is 0.789. The topological polar surface area (TPSA) is 43.6 Å². The number of pyridine rings is 1. The number of hydrogen-bond acceptors (Lipinski definition) is 4. The number of aryl methyl sites for hydroxylation is 1. The van der Waals surface area contributed by atoms with Gasteiger partial charge in [-0.15, -0.1) is 16.8 Å². The van der Waals surface area contributed by atoms with Gasteiger partial charge in [-0.1, -0.05) is 36.0 Å². The first-order chi connectivity index (χ1) is 10.8. The van der Waals surface area contributed by atoms with E-state index in [0.29, 0.717) is 0 Å². The molecule has 0 saturated carbocycles. The number of thioether (sulfide) groups is 1. The van der Waals surface area contributed by atoms with Crippen LogP contribution in [0.4, 0.5) is 0 Å². The van der Waals surface area contributed by atoms with Gasteiger partial charge in [0.1, 0.15) is 0 Å². The molecule has 5 heteroatoms. The lowest BCUT2D eigenvalue weighted by Crippen LogP contribution is -2.02. The van der Waals surface area contributed by atoms with Crippen molar-refractivity contribution in [2.24, 2.45) is 0 Å². The van der Waals surface area contributed by atoms with Crippen molar-refractivity contribution in [3.8, 4) is 17.1 Å². The van der Waals surface area contributed by atoms with Crippen molar-refractivity contribution in [1.29, 1.82) is 0 Å². The Morgan fingerprint density at radius 2 is 2.05 bits per heavy atom. The van der Waals surface area contributed by atoms with E-state index in [4.69, 9.17) is 0 Å². The van der Waals surface area contributed by atoms with Gasteiger partial charge in [-0.3, -0.25) is 9.55 Å². The van der Waals surface area contributed by atoms with E-state index in [2.05, 4.69) is 45.4 Å². The fourth-order valence-corrected chi connectivity index (χ4v) is 2.89. The molecule has 0 fully saturated rings. The zero-order chi connectivity index (χ0) is 15.4. The molecule has 0 unspecified atom stereocenters. The number of para-hydroxylation sites is 1. The molecule has 0 aliphatic heterocycles. The lowest BCUT2D eigenvalue weighted by molar-refractivity contribution is 0.882. The quantitative estimate of drug-likeness (QED) is 0.529. The van der Waals surface area contributed by atoms with Crippen molar-refractivity contribution in [1.82, 2.24) is 19.7 Å². The predicted molar refractivity (Wildman–Crippen MR) is 90.2 cm³/mol. The van der Waals surface area contributed by atoms with E-state index in [0.717, 1.165) is 28.0 Å². The van der Waals surface area contributed by atoms with Crippen LogP contribution in [0, 0.1) is 6.92 Å². The van der Waals surface area contributed by atoms with Gasteiger partial charge in [0.15, 0.2) is 11.0 Å². The second kappa shape index (κ2) is 6.58. The van der Waals surface area contributed by atoms with Crippen molar-refractivity contribution >= 4 is 11.8 Å². The van der Waals surface area contributed by atoms with Crippen LogP contribution in [0.25, 0.3) is 17.1 Å². The zero-order valence-corrected chi connectivity index (χ0v) is 13.1. The predicted octanol–water partition coefficient (Wildman–Crippen LogP) is 3.92. The zero-order valence-electron chi connectivity index (χ0n) is 12.3. The molecule has 2 heterocycles. The molecule has 22 heavy (non-hydrogen) atoms. The Hall–Kier alpha value is -2.40. The average Bonchev–Trinajstić information content (AvgIpc) is 2.98. The summed E-state index contributed by atoms with van der Waals surface area (Å²) in [6.07, 6.45) is 5.43. The molecule has 1 aromatic carbocycles. The van der Waals surface area contributed by atoms with E-state index in [1.165, 1.54) is 5.56 Å². The van der Waals surface area contributed by atoms with E-state index < -0.39 is 0 Å². The van der Waals surface area contributed by atoms with Crippen LogP contribution in [0.2, 0.25) is 0 Å². The van der Waals surface area contributed by atoms with Crippen molar-refractivity contribution in [3.05, 3.63) is 67.0 Å². The second-order valence-corrected chi connectivity index (χ2v) is 5.76. The van der Waals surface area contributed by atoms with E-state index in [1.54, 1.807) is 24.2 Å². The summed E-state index contributed by atoms with van der Waals surface area (Å²) in [4.78, 5) is 4.19. The Kier molecular flexibility index (Phi) is 4.34. The van der Waals surface area contributed by atoms with Crippen molar-refractivity contribution < 1.29 is 0 Å². The molecule has 0 aliphatic rings. The van der Waals surface area contributed by atoms with Gasteiger partial charge >= 0.3 is 0 Å². The lowest BCUT2D eigenvalue weighted by atomic mass is 10.2. The molecule has 0 N–H and O–H groups in total. The summed E-state index contributed by atoms with van der Waals surface area (Å²) < 4.78 is 2.08. The maximum Gasteiger partial charge on any atom is 0.196 e. The average molecular weight is 308 g/mol. The summed E-state index contributed by atoms with van der Waals surface area (Å²) in [5, 5.41) is 9.58. The van der Waals surface area contributed by atoms with Crippen LogP contribution in [0.1, 0.15) is 5.56 Å². The third kappa shape index (κ3) is 2.80. The highest BCUT2D eigenvalue weighted by molar-refractivity contribution is 7.99. The minimum Gasteiger partial charge on any atom is -0.270 e. The molecule has 0 amide bonds. The SMILES string of the molecule is C=CCSc1nnc(-c2cccnc2)n1-c1ccccc1C. The first-order valence-corrected chi connectivity index (χ1v) is 7.95. The molecular formula is C17H16N4S. The van der Waals surface area contributed by atoms with E-state index in [1.807, 2.05) is 30.3 Å². The molecule has 0 saturated heterocycles. The highest BCUT2D eigenvalue weighted by atomic mass is 32.2. The second-order valence-electron chi connectivity index (χ2n) is 4.77. The summed E-state index contributed by atoms with van der Waals surface area (Å²) >= 11 is 1.62. The summed E-state index contributed by atoms with van der Waals surface area (Å²) in [5.74, 6) is 1.59. The van der Waals surface area contributed by atoms with Gasteiger partial charge in [0.2, 0.25) is 0 Å². The van der Waals surface area contributed by atoms with Crippen LogP contribution in [-0.2, 0) is 0 Å². The number of nitrogens with zero attached hydrogens (tertiary/aromatic N) is 4. The Balaban J connectivity index is 2.18. The highest BCUT2D eigenvalue weighted by Gasteiger charge is 2.16. The van der Waals surface area contributed by atoms with Gasteiger partial charge in [0.05, 0.1) is 5.69 Å². The van der Waals surface area contributed by atoms with Crippen LogP contribution in [0.5, 0.6) is 0 Å². The summed E-state index contributed by atoms with van der Waals surface area (Å²) in [5.41, 5.74) is 3.20. The van der Waals surface area contributed by atoms with E-state index >= 15 is 0 Å². The minimum atomic E-state index is 0.789. The first-order valence-electron chi connectivity index (χ1n) is 6.97. The van der Waals surface area contributed by atoms with Crippen LogP contribution >= 0.6 is 11.8 Å². The Morgan fingerprint density at radius 1 is 1.18 bits per heavy atom. The Morgan fingerprint density at radius 3 is 2.77 bits per heavy atom. The Labute approximate surface area is 133 Å². The molecular weight excluding hydrogens is 292 g/mol. The number of hydrogen-bond donors (Lipinski definition) is 0. The number of aromatic nitrogens is 4. The van der Waals surface area contributed by atoms with Gasteiger partial charge in [0.25, 0.3) is 0 Å². The Bertz CT molecular complexity index is 780. The van der Waals surface area contributed by atoms with Gasteiger partial charge in [0, 0.05) is 23.7 Å². The molecule has 0 bridgehead atoms. The largest absolute Gasteiger partial charge is 0.270 e. The lowest BCUT2D eigenvalue weighted by Gasteiger charge is -2.12. The fourth-order valence-electron chi connectivity index (χ4n) is 2.21. The van der Waals surface area contributed by atoms with Crippen LogP contribution < -0.4 is 0 Å². The van der Waals surface area contributed by atoms with E-state index in [9.17, 15) is 0 Å². The molecule has 0 aliphatic carbocycles. The maximum absolute atomic E-state index is 4.37. The van der Waals surface area contributed by atoms with Crippen LogP contribution in [0.15, 0.2) is 66.6 Å². The molecule has 110 valence electrons. The standard InChI is InChI=1S/C17H16N4S/c1-3-11-22-17-20-19-16(14-8-6-10-18-12-14)21(17)15-9-5-4-7-13(15)2/h3-10,12H,1,11H2,2H3. The van der Waals surface area contributed by atoms with Gasteiger partial charge in [-0.2, -0.15) is 0 Å². The first kappa shape index (κ1) is 14.5. The molecule has 3 rings (SSSR count). The van der Waals surface area contributed by atoms with Crippen molar-refractivity contribution in [2.75, 3.05) is 5.75 Å². The molecule has 2 aromatic heterocycles. The maximum atomic E-state index is 4.37. The fraction of sp³-hybridized carbons (Fsp3) is 0.118. The normalized spacial score (nSPS) is 10.6. The summed E-state index contributed by atoms with van der Waals surface area (Å²) in [6, 6.07) is 12.1. The molecule has 0 spiro atoms. The number of benzene rings is 1. The van der Waals surface area contributed by atoms with E-state index in [-0.39, 0.29) is 0 Å². The van der Waals surface area contributed by atoms with Crippen LogP contribution in [0.3, 0.4) is 0 Å². The van der Waals surface area contributed by atoms with Gasteiger partial charge in [-0.25, -0.2) is 0 Å². The summed E-state index contributed by atoms with van der Waals surface area (Å²) in [7, 11) is 0. The molecule has 0 atom stereocenters.